The van der Waals surface area contributed by atoms with E-state index < -0.39 is 10.1 Å². The molecule has 0 atom stereocenters. The first-order valence-corrected chi connectivity index (χ1v) is 12.9. The molecular formula is C25H35NaO5S. The van der Waals surface area contributed by atoms with Gasteiger partial charge >= 0.3 is 29.6 Å². The topological polar surface area (TPSA) is 86.7 Å². The van der Waals surface area contributed by atoms with E-state index in [1.54, 1.807) is 30.3 Å². The fourth-order valence-corrected chi connectivity index (χ4v) is 4.30. The van der Waals surface area contributed by atoms with Gasteiger partial charge in [-0.3, -0.25) is 4.55 Å². The second-order valence-corrected chi connectivity index (χ2v) is 9.47. The number of hydrogen-bond donors (Lipinski definition) is 1. The summed E-state index contributed by atoms with van der Waals surface area (Å²) in [6.45, 7) is 2.23. The minimum absolute atomic E-state index is 0. The molecule has 0 saturated heterocycles. The van der Waals surface area contributed by atoms with Gasteiger partial charge in [-0.25, -0.2) is 0 Å². The van der Waals surface area contributed by atoms with Gasteiger partial charge in [-0.2, -0.15) is 8.42 Å². The van der Waals surface area contributed by atoms with E-state index in [1.807, 2.05) is 0 Å². The molecule has 5 nitrogen and oxygen atoms in total. The summed E-state index contributed by atoms with van der Waals surface area (Å²) in [5, 5.41) is 12.5. The molecule has 0 heterocycles. The van der Waals surface area contributed by atoms with Crippen LogP contribution in [0.5, 0.6) is 17.2 Å². The van der Waals surface area contributed by atoms with Crippen molar-refractivity contribution in [2.45, 2.75) is 88.9 Å². The van der Waals surface area contributed by atoms with Crippen LogP contribution in [0.15, 0.2) is 47.4 Å². The summed E-state index contributed by atoms with van der Waals surface area (Å²) in [5.41, 5.74) is 0.393. The van der Waals surface area contributed by atoms with E-state index in [0.717, 1.165) is 25.3 Å². The molecule has 0 unspecified atom stereocenters. The van der Waals surface area contributed by atoms with Crippen LogP contribution in [0.2, 0.25) is 0 Å². The summed E-state index contributed by atoms with van der Waals surface area (Å²) in [4.78, 5) is -0.367. The van der Waals surface area contributed by atoms with Gasteiger partial charge in [0.15, 0.2) is 0 Å². The predicted molar refractivity (Wildman–Crippen MR) is 122 cm³/mol. The van der Waals surface area contributed by atoms with Gasteiger partial charge in [-0.1, -0.05) is 94.9 Å². The van der Waals surface area contributed by atoms with E-state index in [9.17, 15) is 18.1 Å². The molecule has 0 amide bonds. The Bertz CT molecular complexity index is 885. The number of rotatable bonds is 15. The van der Waals surface area contributed by atoms with Gasteiger partial charge in [0.25, 0.3) is 10.1 Å². The number of unbranched alkanes of at least 4 members (excludes halogenated alkanes) is 10. The normalized spacial score (nSPS) is 11.2. The van der Waals surface area contributed by atoms with Crippen LogP contribution < -0.4 is 39.4 Å². The van der Waals surface area contributed by atoms with Gasteiger partial charge in [0.05, 0.1) is 0 Å². The van der Waals surface area contributed by atoms with Crippen molar-refractivity contribution in [1.82, 2.24) is 0 Å². The fraction of sp³-hybridized carbons (Fsp3) is 0.520. The van der Waals surface area contributed by atoms with Gasteiger partial charge in [-0.05, 0) is 37.1 Å². The molecule has 0 bridgehead atoms. The van der Waals surface area contributed by atoms with Crippen LogP contribution in [0.4, 0.5) is 0 Å². The van der Waals surface area contributed by atoms with Crippen molar-refractivity contribution in [3.8, 4) is 17.2 Å². The number of para-hydroxylation sites is 1. The maximum atomic E-state index is 12.5. The Labute approximate surface area is 215 Å². The van der Waals surface area contributed by atoms with E-state index >= 15 is 0 Å². The Morgan fingerprint density at radius 3 is 1.91 bits per heavy atom. The molecule has 1 N–H and O–H groups in total. The maximum absolute atomic E-state index is 12.5. The standard InChI is InChI=1S/C25H36O5S.Na/c1-2-3-4-5-6-7-8-9-10-11-13-16-21-19-25(31(27,28)29)24(20-23(21)26)30-22-17-14-12-15-18-22;/h12,14-15,17-20,26H,2-11,13,16H2,1H3,(H,27,28,29);/q;+1/p-1. The minimum Gasteiger partial charge on any atom is -0.872 e. The molecule has 0 radical (unpaired) electrons. The zero-order valence-electron chi connectivity index (χ0n) is 19.5. The molecule has 0 aromatic heterocycles. The van der Waals surface area contributed by atoms with E-state index in [1.165, 1.54) is 57.4 Å². The van der Waals surface area contributed by atoms with Crippen molar-refractivity contribution in [3.63, 3.8) is 0 Å². The Hall–Kier alpha value is -1.05. The van der Waals surface area contributed by atoms with Crippen molar-refractivity contribution >= 4 is 10.1 Å². The first kappa shape index (κ1) is 29.0. The van der Waals surface area contributed by atoms with Crippen LogP contribution in [0, 0.1) is 0 Å². The van der Waals surface area contributed by atoms with Gasteiger partial charge < -0.3 is 9.84 Å². The van der Waals surface area contributed by atoms with Crippen LogP contribution in [0.1, 0.15) is 83.1 Å². The third-order valence-electron chi connectivity index (χ3n) is 5.43. The molecule has 172 valence electrons. The molecule has 0 aliphatic rings. The number of benzene rings is 2. The van der Waals surface area contributed by atoms with Crippen LogP contribution in [0.3, 0.4) is 0 Å². The third-order valence-corrected chi connectivity index (χ3v) is 6.30. The van der Waals surface area contributed by atoms with E-state index in [4.69, 9.17) is 4.74 Å². The summed E-state index contributed by atoms with van der Waals surface area (Å²) >= 11 is 0. The molecule has 32 heavy (non-hydrogen) atoms. The average molecular weight is 471 g/mol. The second-order valence-electron chi connectivity index (χ2n) is 8.08. The summed E-state index contributed by atoms with van der Waals surface area (Å²) in [7, 11) is -4.51. The zero-order chi connectivity index (χ0) is 22.5. The Morgan fingerprint density at radius 1 is 0.844 bits per heavy atom. The van der Waals surface area contributed by atoms with Crippen molar-refractivity contribution in [1.29, 1.82) is 0 Å². The average Bonchev–Trinajstić information content (AvgIpc) is 2.73. The molecule has 0 spiro atoms. The Morgan fingerprint density at radius 2 is 1.38 bits per heavy atom. The molecule has 2 rings (SSSR count). The van der Waals surface area contributed by atoms with E-state index in [-0.39, 0.29) is 46.0 Å². The van der Waals surface area contributed by atoms with E-state index in [0.29, 0.717) is 17.7 Å². The molecule has 0 aliphatic heterocycles. The van der Waals surface area contributed by atoms with Gasteiger partial charge in [-0.15, -0.1) is 5.75 Å². The maximum Gasteiger partial charge on any atom is 1.00 e. The van der Waals surface area contributed by atoms with Gasteiger partial charge in [0.1, 0.15) is 16.4 Å². The summed E-state index contributed by atoms with van der Waals surface area (Å²) in [6.07, 6.45) is 13.7. The monoisotopic (exact) mass is 470 g/mol. The number of aryl methyl sites for hydroxylation is 1. The van der Waals surface area contributed by atoms with E-state index in [2.05, 4.69) is 6.92 Å². The molecule has 0 aliphatic carbocycles. The molecule has 2 aromatic carbocycles. The Kier molecular flexibility index (Phi) is 14.2. The van der Waals surface area contributed by atoms with Crippen molar-refractivity contribution < 1.29 is 52.4 Å². The summed E-state index contributed by atoms with van der Waals surface area (Å²) in [5.74, 6) is -0.0308. The summed E-state index contributed by atoms with van der Waals surface area (Å²) in [6, 6.07) is 11.0. The smallest absolute Gasteiger partial charge is 0.872 e. The predicted octanol–water partition coefficient (Wildman–Crippen LogP) is 3.66. The first-order valence-electron chi connectivity index (χ1n) is 11.5. The van der Waals surface area contributed by atoms with Crippen LogP contribution >= 0.6 is 0 Å². The SMILES string of the molecule is CCCCCCCCCCCCCc1cc(S(=O)(=O)O)c(Oc2ccccc2)cc1[O-].[Na+]. The van der Waals surface area contributed by atoms with Crippen LogP contribution in [-0.4, -0.2) is 13.0 Å². The third kappa shape index (κ3) is 10.7. The molecule has 7 heteroatoms. The Balaban J connectivity index is 0.00000512. The van der Waals surface area contributed by atoms with Gasteiger partial charge in [0.2, 0.25) is 0 Å². The van der Waals surface area contributed by atoms with Gasteiger partial charge in [0, 0.05) is 0 Å². The van der Waals surface area contributed by atoms with Crippen LogP contribution in [0.25, 0.3) is 0 Å². The largest absolute Gasteiger partial charge is 1.00 e. The molecular weight excluding hydrogens is 435 g/mol. The molecule has 2 aromatic rings. The second kappa shape index (κ2) is 15.7. The van der Waals surface area contributed by atoms with Crippen molar-refractivity contribution in [3.05, 3.63) is 48.0 Å². The summed E-state index contributed by atoms with van der Waals surface area (Å²) < 4.78 is 38.8. The fourth-order valence-electron chi connectivity index (χ4n) is 3.66. The molecule has 0 fully saturated rings. The zero-order valence-corrected chi connectivity index (χ0v) is 22.3. The number of ether oxygens (including phenoxy) is 1. The first-order chi connectivity index (χ1) is 14.9. The molecule has 0 saturated carbocycles. The van der Waals surface area contributed by atoms with Crippen molar-refractivity contribution in [2.24, 2.45) is 0 Å². The van der Waals surface area contributed by atoms with Crippen LogP contribution in [-0.2, 0) is 16.5 Å². The number of hydrogen-bond acceptors (Lipinski definition) is 4. The minimum atomic E-state index is -4.51. The van der Waals surface area contributed by atoms with Crippen molar-refractivity contribution in [2.75, 3.05) is 0 Å². The quantitative estimate of drug-likeness (QED) is 0.244.